The molecule has 0 fully saturated rings. The molecule has 0 bridgehead atoms. The number of benzene rings is 1. The van der Waals surface area contributed by atoms with Crippen LogP contribution in [0.2, 0.25) is 0 Å². The van der Waals surface area contributed by atoms with Crippen molar-refractivity contribution in [3.63, 3.8) is 0 Å². The van der Waals surface area contributed by atoms with Gasteiger partial charge in [-0.3, -0.25) is 9.98 Å². The number of aliphatic imine (C=N–C) groups is 1. The molecule has 3 rings (SSSR count). The fourth-order valence-corrected chi connectivity index (χ4v) is 2.32. The molecule has 4 heteroatoms. The van der Waals surface area contributed by atoms with Crippen molar-refractivity contribution in [3.8, 4) is 0 Å². The lowest BCUT2D eigenvalue weighted by Crippen LogP contribution is -2.02. The molecule has 4 nitrogen and oxygen atoms in total. The molecule has 0 unspecified atom stereocenters. The Bertz CT molecular complexity index is 705. The van der Waals surface area contributed by atoms with Gasteiger partial charge in [-0.05, 0) is 18.1 Å². The molecule has 2 aromatic rings. The summed E-state index contributed by atoms with van der Waals surface area (Å²) in [5.41, 5.74) is 4.69. The van der Waals surface area contributed by atoms with Crippen LogP contribution in [0.25, 0.3) is 0 Å². The van der Waals surface area contributed by atoms with Crippen molar-refractivity contribution in [3.05, 3.63) is 58.9 Å². The van der Waals surface area contributed by atoms with E-state index in [0.717, 1.165) is 22.4 Å². The van der Waals surface area contributed by atoms with Crippen molar-refractivity contribution in [2.24, 2.45) is 4.99 Å². The normalized spacial score (nSPS) is 13.0. The molecular formula is C15H12N2O2. The summed E-state index contributed by atoms with van der Waals surface area (Å²) in [5, 5.41) is 9.15. The Morgan fingerprint density at radius 1 is 1.26 bits per heavy atom. The average Bonchev–Trinajstić information content (AvgIpc) is 2.82. The molecule has 1 aliphatic heterocycles. The van der Waals surface area contributed by atoms with Crippen LogP contribution in [0, 0.1) is 6.92 Å². The summed E-state index contributed by atoms with van der Waals surface area (Å²) < 4.78 is 0. The van der Waals surface area contributed by atoms with Crippen LogP contribution >= 0.6 is 0 Å². The molecular weight excluding hydrogens is 240 g/mol. The van der Waals surface area contributed by atoms with Gasteiger partial charge >= 0.3 is 5.97 Å². The van der Waals surface area contributed by atoms with Crippen LogP contribution in [0.4, 0.5) is 5.69 Å². The lowest BCUT2D eigenvalue weighted by molar-refractivity contribution is 0.0697. The van der Waals surface area contributed by atoms with Crippen LogP contribution in [0.5, 0.6) is 0 Å². The smallest absolute Gasteiger partial charge is 0.339 e. The second-order valence-electron chi connectivity index (χ2n) is 4.55. The molecule has 2 heterocycles. The number of carboxylic acid groups (broad SMARTS) is 1. The molecule has 0 spiro atoms. The molecule has 94 valence electrons. The van der Waals surface area contributed by atoms with Gasteiger partial charge in [0.1, 0.15) is 5.56 Å². The van der Waals surface area contributed by atoms with Crippen LogP contribution in [-0.2, 0) is 6.42 Å². The molecule has 0 aliphatic carbocycles. The highest BCUT2D eigenvalue weighted by molar-refractivity contribution is 6.09. The van der Waals surface area contributed by atoms with Gasteiger partial charge < -0.3 is 5.11 Å². The van der Waals surface area contributed by atoms with E-state index in [1.54, 1.807) is 6.20 Å². The Balaban J connectivity index is 2.11. The quantitative estimate of drug-likeness (QED) is 0.893. The fourth-order valence-electron chi connectivity index (χ4n) is 2.32. The summed E-state index contributed by atoms with van der Waals surface area (Å²) in [6, 6.07) is 7.97. The molecule has 0 radical (unpaired) electrons. The number of hydrogen-bond acceptors (Lipinski definition) is 3. The van der Waals surface area contributed by atoms with Gasteiger partial charge in [-0.1, -0.05) is 24.3 Å². The summed E-state index contributed by atoms with van der Waals surface area (Å²) in [6.45, 7) is 2.02. The average molecular weight is 252 g/mol. The first-order chi connectivity index (χ1) is 9.16. The number of fused-ring (bicyclic) bond motifs is 1. The maximum atomic E-state index is 11.2. The SMILES string of the molecule is Cc1ccccc1C1=Nc2c(cncc2C(=O)O)C1. The molecule has 0 amide bonds. The fraction of sp³-hybridized carbons (Fsp3) is 0.133. The lowest BCUT2D eigenvalue weighted by Gasteiger charge is -2.03. The van der Waals surface area contributed by atoms with Crippen LogP contribution in [0.3, 0.4) is 0 Å². The summed E-state index contributed by atoms with van der Waals surface area (Å²) >= 11 is 0. The second-order valence-corrected chi connectivity index (χ2v) is 4.55. The predicted octanol–water partition coefficient (Wildman–Crippen LogP) is 2.77. The van der Waals surface area contributed by atoms with E-state index in [-0.39, 0.29) is 5.56 Å². The number of pyridine rings is 1. The molecule has 1 aromatic heterocycles. The Morgan fingerprint density at radius 2 is 2.05 bits per heavy atom. The van der Waals surface area contributed by atoms with Gasteiger partial charge in [-0.25, -0.2) is 4.79 Å². The maximum Gasteiger partial charge on any atom is 0.339 e. The van der Waals surface area contributed by atoms with E-state index in [4.69, 9.17) is 5.11 Å². The molecule has 0 saturated carbocycles. The Labute approximate surface area is 110 Å². The van der Waals surface area contributed by atoms with Gasteiger partial charge in [0.15, 0.2) is 0 Å². The van der Waals surface area contributed by atoms with Gasteiger partial charge in [-0.2, -0.15) is 0 Å². The number of nitrogens with zero attached hydrogens (tertiary/aromatic N) is 2. The standard InChI is InChI=1S/C15H12N2O2/c1-9-4-2-3-5-11(9)13-6-10-7-16-8-12(15(18)19)14(10)17-13/h2-5,7-8H,6H2,1H3,(H,18,19). The summed E-state index contributed by atoms with van der Waals surface area (Å²) in [4.78, 5) is 19.6. The van der Waals surface area contributed by atoms with Gasteiger partial charge in [0.2, 0.25) is 0 Å². The largest absolute Gasteiger partial charge is 0.478 e. The summed E-state index contributed by atoms with van der Waals surface area (Å²) in [5.74, 6) is -0.987. The number of aromatic carboxylic acids is 1. The first-order valence-corrected chi connectivity index (χ1v) is 6.00. The number of carboxylic acids is 1. The third kappa shape index (κ3) is 1.91. The van der Waals surface area contributed by atoms with Crippen LogP contribution in [-0.4, -0.2) is 21.8 Å². The lowest BCUT2D eigenvalue weighted by atomic mass is 10.0. The second kappa shape index (κ2) is 4.31. The van der Waals surface area contributed by atoms with Crippen LogP contribution in [0.15, 0.2) is 41.7 Å². The van der Waals surface area contributed by atoms with Crippen molar-refractivity contribution in [2.75, 3.05) is 0 Å². The van der Waals surface area contributed by atoms with Crippen molar-refractivity contribution in [2.45, 2.75) is 13.3 Å². The summed E-state index contributed by atoms with van der Waals surface area (Å²) in [6.07, 6.45) is 3.68. The topological polar surface area (TPSA) is 62.5 Å². The van der Waals surface area contributed by atoms with Gasteiger partial charge in [0.05, 0.1) is 11.4 Å². The van der Waals surface area contributed by atoms with E-state index in [1.165, 1.54) is 6.20 Å². The zero-order valence-electron chi connectivity index (χ0n) is 10.4. The molecule has 1 N–H and O–H groups in total. The van der Waals surface area contributed by atoms with E-state index in [0.29, 0.717) is 12.1 Å². The monoisotopic (exact) mass is 252 g/mol. The highest BCUT2D eigenvalue weighted by Crippen LogP contribution is 2.32. The van der Waals surface area contributed by atoms with E-state index in [2.05, 4.69) is 9.98 Å². The first kappa shape index (κ1) is 11.6. The number of rotatable bonds is 2. The maximum absolute atomic E-state index is 11.2. The van der Waals surface area contributed by atoms with Crippen LogP contribution < -0.4 is 0 Å². The van der Waals surface area contributed by atoms with Crippen molar-refractivity contribution in [1.29, 1.82) is 0 Å². The van der Waals surface area contributed by atoms with Gasteiger partial charge in [0, 0.05) is 24.4 Å². The predicted molar refractivity (Wildman–Crippen MR) is 72.3 cm³/mol. The van der Waals surface area contributed by atoms with Crippen LogP contribution in [0.1, 0.15) is 27.0 Å². The molecule has 0 atom stereocenters. The zero-order chi connectivity index (χ0) is 13.4. The molecule has 1 aliphatic rings. The van der Waals surface area contributed by atoms with E-state index < -0.39 is 5.97 Å². The minimum Gasteiger partial charge on any atom is -0.478 e. The third-order valence-corrected chi connectivity index (χ3v) is 3.28. The Kier molecular flexibility index (Phi) is 2.63. The number of hydrogen-bond donors (Lipinski definition) is 1. The number of aromatic nitrogens is 1. The molecule has 19 heavy (non-hydrogen) atoms. The summed E-state index contributed by atoms with van der Waals surface area (Å²) in [7, 11) is 0. The van der Waals surface area contributed by atoms with Gasteiger partial charge in [-0.15, -0.1) is 0 Å². The highest BCUT2D eigenvalue weighted by atomic mass is 16.4. The third-order valence-electron chi connectivity index (χ3n) is 3.28. The van der Waals surface area contributed by atoms with Crippen molar-refractivity contribution >= 4 is 17.4 Å². The van der Waals surface area contributed by atoms with Crippen molar-refractivity contribution in [1.82, 2.24) is 4.98 Å². The minimum atomic E-state index is -0.987. The Hall–Kier alpha value is -2.49. The zero-order valence-corrected chi connectivity index (χ0v) is 10.4. The molecule has 1 aromatic carbocycles. The Morgan fingerprint density at radius 3 is 2.79 bits per heavy atom. The van der Waals surface area contributed by atoms with Crippen molar-refractivity contribution < 1.29 is 9.90 Å². The highest BCUT2D eigenvalue weighted by Gasteiger charge is 2.22. The number of aryl methyl sites for hydroxylation is 1. The minimum absolute atomic E-state index is 0.168. The number of carbonyl (C=O) groups is 1. The molecule has 0 saturated heterocycles. The first-order valence-electron chi connectivity index (χ1n) is 6.00. The van der Waals surface area contributed by atoms with Gasteiger partial charge in [0.25, 0.3) is 0 Å². The van der Waals surface area contributed by atoms with E-state index >= 15 is 0 Å². The van der Waals surface area contributed by atoms with E-state index in [1.807, 2.05) is 31.2 Å². The van der Waals surface area contributed by atoms with E-state index in [9.17, 15) is 4.79 Å².